The summed E-state index contributed by atoms with van der Waals surface area (Å²) in [6.07, 6.45) is 3.89. The average molecular weight is 423 g/mol. The third kappa shape index (κ3) is 3.97. The van der Waals surface area contributed by atoms with Gasteiger partial charge in [0.2, 0.25) is 0 Å². The molecule has 0 saturated carbocycles. The standard InChI is InChI=1S/C22H18N2O3S2/c1-27-20(25)14-24-21(26)19(29-22(24)28)11-16-13-23(12-15-7-3-2-4-8-15)18-10-6-5-9-17(16)18/h2-11,13H,12,14H2,1H3/b19-11-. The highest BCUT2D eigenvalue weighted by Crippen LogP contribution is 2.34. The molecule has 1 aromatic heterocycles. The van der Waals surface area contributed by atoms with Gasteiger partial charge in [-0.05, 0) is 17.7 Å². The number of esters is 1. The minimum Gasteiger partial charge on any atom is -0.468 e. The van der Waals surface area contributed by atoms with E-state index in [-0.39, 0.29) is 12.5 Å². The maximum atomic E-state index is 12.7. The van der Waals surface area contributed by atoms with Gasteiger partial charge in [-0.1, -0.05) is 72.5 Å². The molecule has 1 fully saturated rings. The molecule has 3 aromatic rings. The van der Waals surface area contributed by atoms with Gasteiger partial charge >= 0.3 is 5.97 Å². The number of carbonyl (C=O) groups is 2. The van der Waals surface area contributed by atoms with Crippen molar-refractivity contribution in [1.82, 2.24) is 9.47 Å². The Hall–Kier alpha value is -2.90. The third-order valence-corrected chi connectivity index (χ3v) is 6.07. The van der Waals surface area contributed by atoms with Gasteiger partial charge in [0.05, 0.1) is 12.0 Å². The molecule has 5 nitrogen and oxygen atoms in total. The highest BCUT2D eigenvalue weighted by atomic mass is 32.2. The van der Waals surface area contributed by atoms with Crippen molar-refractivity contribution in [3.8, 4) is 0 Å². The van der Waals surface area contributed by atoms with Crippen molar-refractivity contribution in [3.05, 3.63) is 76.8 Å². The number of aromatic nitrogens is 1. The van der Waals surface area contributed by atoms with E-state index in [4.69, 9.17) is 12.2 Å². The number of benzene rings is 2. The molecule has 1 aliphatic heterocycles. The normalized spacial score (nSPS) is 15.5. The lowest BCUT2D eigenvalue weighted by molar-refractivity contribution is -0.143. The van der Waals surface area contributed by atoms with Gasteiger partial charge < -0.3 is 9.30 Å². The van der Waals surface area contributed by atoms with Gasteiger partial charge in [-0.15, -0.1) is 0 Å². The molecule has 4 rings (SSSR count). The number of hydrogen-bond acceptors (Lipinski definition) is 5. The molecule has 1 saturated heterocycles. The van der Waals surface area contributed by atoms with E-state index in [0.717, 1.165) is 23.0 Å². The van der Waals surface area contributed by atoms with E-state index in [9.17, 15) is 9.59 Å². The largest absolute Gasteiger partial charge is 0.468 e. The summed E-state index contributed by atoms with van der Waals surface area (Å²) in [5.41, 5.74) is 3.23. The summed E-state index contributed by atoms with van der Waals surface area (Å²) < 4.78 is 7.19. The van der Waals surface area contributed by atoms with Crippen molar-refractivity contribution in [2.24, 2.45) is 0 Å². The van der Waals surface area contributed by atoms with Gasteiger partial charge in [-0.25, -0.2) is 0 Å². The smallest absolute Gasteiger partial charge is 0.325 e. The number of fused-ring (bicyclic) bond motifs is 1. The van der Waals surface area contributed by atoms with Crippen LogP contribution in [0, 0.1) is 0 Å². The zero-order chi connectivity index (χ0) is 20.4. The van der Waals surface area contributed by atoms with E-state index in [1.165, 1.54) is 29.3 Å². The number of rotatable bonds is 5. The second-order valence-corrected chi connectivity index (χ2v) is 8.23. The SMILES string of the molecule is COC(=O)CN1C(=O)/C(=C/c2cn(Cc3ccccc3)c3ccccc23)SC1=S. The second-order valence-electron chi connectivity index (χ2n) is 6.56. The molecule has 1 aliphatic rings. The highest BCUT2D eigenvalue weighted by Gasteiger charge is 2.33. The quantitative estimate of drug-likeness (QED) is 0.353. The average Bonchev–Trinajstić information content (AvgIpc) is 3.21. The number of thioether (sulfide) groups is 1. The van der Waals surface area contributed by atoms with Gasteiger partial charge in [0.25, 0.3) is 5.91 Å². The van der Waals surface area contributed by atoms with E-state index in [0.29, 0.717) is 9.23 Å². The Morgan fingerprint density at radius 2 is 1.86 bits per heavy atom. The zero-order valence-corrected chi connectivity index (χ0v) is 17.3. The Morgan fingerprint density at radius 1 is 1.14 bits per heavy atom. The van der Waals surface area contributed by atoms with Crippen molar-refractivity contribution < 1.29 is 14.3 Å². The summed E-state index contributed by atoms with van der Waals surface area (Å²) in [6, 6.07) is 18.3. The number of amides is 1. The van der Waals surface area contributed by atoms with Gasteiger partial charge in [-0.2, -0.15) is 0 Å². The van der Waals surface area contributed by atoms with E-state index in [1.807, 2.05) is 48.7 Å². The zero-order valence-electron chi connectivity index (χ0n) is 15.7. The van der Waals surface area contributed by atoms with Crippen LogP contribution in [0.15, 0.2) is 65.7 Å². The minimum absolute atomic E-state index is 0.172. The number of ether oxygens (including phenoxy) is 1. The molecule has 1 amide bonds. The van der Waals surface area contributed by atoms with Crippen molar-refractivity contribution in [2.45, 2.75) is 6.54 Å². The fraction of sp³-hybridized carbons (Fsp3) is 0.136. The lowest BCUT2D eigenvalue weighted by Gasteiger charge is -2.11. The molecule has 7 heteroatoms. The number of nitrogens with zero attached hydrogens (tertiary/aromatic N) is 2. The second kappa shape index (κ2) is 8.23. The molecule has 2 aromatic carbocycles. The Kier molecular flexibility index (Phi) is 5.51. The fourth-order valence-corrected chi connectivity index (χ4v) is 4.52. The highest BCUT2D eigenvalue weighted by molar-refractivity contribution is 8.26. The van der Waals surface area contributed by atoms with Crippen LogP contribution in [-0.2, 0) is 20.9 Å². The lowest BCUT2D eigenvalue weighted by atomic mass is 10.1. The van der Waals surface area contributed by atoms with Crippen LogP contribution in [-0.4, -0.2) is 39.3 Å². The molecular formula is C22H18N2O3S2. The van der Waals surface area contributed by atoms with Gasteiger partial charge in [-0.3, -0.25) is 14.5 Å². The summed E-state index contributed by atoms with van der Waals surface area (Å²) >= 11 is 6.48. The van der Waals surface area contributed by atoms with Gasteiger partial charge in [0, 0.05) is 29.2 Å². The minimum atomic E-state index is -0.498. The van der Waals surface area contributed by atoms with Crippen molar-refractivity contribution in [3.63, 3.8) is 0 Å². The monoisotopic (exact) mass is 422 g/mol. The third-order valence-electron chi connectivity index (χ3n) is 4.69. The number of carbonyl (C=O) groups excluding carboxylic acids is 2. The van der Waals surface area contributed by atoms with Crippen LogP contribution in [0.2, 0.25) is 0 Å². The van der Waals surface area contributed by atoms with Crippen LogP contribution in [0.4, 0.5) is 0 Å². The summed E-state index contributed by atoms with van der Waals surface area (Å²) in [5, 5.41) is 1.06. The first-order chi connectivity index (χ1) is 14.1. The van der Waals surface area contributed by atoms with E-state index in [2.05, 4.69) is 27.5 Å². The molecule has 0 atom stereocenters. The summed E-state index contributed by atoms with van der Waals surface area (Å²) in [5.74, 6) is -0.771. The van der Waals surface area contributed by atoms with E-state index < -0.39 is 5.97 Å². The Balaban J connectivity index is 1.69. The van der Waals surface area contributed by atoms with Gasteiger partial charge in [0.15, 0.2) is 0 Å². The molecule has 2 heterocycles. The van der Waals surface area contributed by atoms with Crippen LogP contribution in [0.5, 0.6) is 0 Å². The Bertz CT molecular complexity index is 1140. The fourth-order valence-electron chi connectivity index (χ4n) is 3.27. The molecule has 0 aliphatic carbocycles. The number of hydrogen-bond donors (Lipinski definition) is 0. The van der Waals surface area contributed by atoms with E-state index in [1.54, 1.807) is 0 Å². The van der Waals surface area contributed by atoms with Crippen molar-refractivity contribution in [1.29, 1.82) is 0 Å². The molecule has 146 valence electrons. The predicted molar refractivity (Wildman–Crippen MR) is 119 cm³/mol. The lowest BCUT2D eigenvalue weighted by Crippen LogP contribution is -2.33. The van der Waals surface area contributed by atoms with Crippen LogP contribution in [0.25, 0.3) is 17.0 Å². The van der Waals surface area contributed by atoms with Crippen molar-refractivity contribution >= 4 is 57.2 Å². The Labute approximate surface area is 177 Å². The first-order valence-electron chi connectivity index (χ1n) is 9.01. The molecule has 0 N–H and O–H groups in total. The molecular weight excluding hydrogens is 404 g/mol. The number of thiocarbonyl (C=S) groups is 1. The predicted octanol–water partition coefficient (Wildman–Crippen LogP) is 4.06. The van der Waals surface area contributed by atoms with Crippen LogP contribution >= 0.6 is 24.0 Å². The molecule has 29 heavy (non-hydrogen) atoms. The maximum Gasteiger partial charge on any atom is 0.325 e. The number of methoxy groups -OCH3 is 1. The summed E-state index contributed by atoms with van der Waals surface area (Å²) in [6.45, 7) is 0.562. The summed E-state index contributed by atoms with van der Waals surface area (Å²) in [7, 11) is 1.29. The molecule has 0 bridgehead atoms. The first-order valence-corrected chi connectivity index (χ1v) is 10.2. The molecule has 0 radical (unpaired) electrons. The van der Waals surface area contributed by atoms with Crippen molar-refractivity contribution in [2.75, 3.05) is 13.7 Å². The van der Waals surface area contributed by atoms with E-state index >= 15 is 0 Å². The van der Waals surface area contributed by atoms with Crippen LogP contribution in [0.3, 0.4) is 0 Å². The van der Waals surface area contributed by atoms with Crippen LogP contribution < -0.4 is 0 Å². The van der Waals surface area contributed by atoms with Crippen LogP contribution in [0.1, 0.15) is 11.1 Å². The molecule has 0 spiro atoms. The van der Waals surface area contributed by atoms with Gasteiger partial charge in [0.1, 0.15) is 10.9 Å². The Morgan fingerprint density at radius 3 is 2.62 bits per heavy atom. The topological polar surface area (TPSA) is 51.5 Å². The maximum absolute atomic E-state index is 12.7. The molecule has 0 unspecified atom stereocenters. The number of para-hydroxylation sites is 1. The summed E-state index contributed by atoms with van der Waals surface area (Å²) in [4.78, 5) is 26.1. The first kappa shape index (κ1) is 19.4.